The van der Waals surface area contributed by atoms with Crippen LogP contribution in [0.1, 0.15) is 69.9 Å². The Morgan fingerprint density at radius 3 is 1.45 bits per heavy atom. The minimum Gasteiger partial charge on any atom is -0.380 e. The van der Waals surface area contributed by atoms with E-state index in [1.807, 2.05) is 6.92 Å². The lowest BCUT2D eigenvalue weighted by Crippen LogP contribution is -2.02. The maximum atomic E-state index is 12.8. The number of hydrogen-bond acceptors (Lipinski definition) is 2. The van der Waals surface area contributed by atoms with E-state index in [9.17, 15) is 27.8 Å². The van der Waals surface area contributed by atoms with Gasteiger partial charge in [0.15, 0.2) is 23.3 Å². The Labute approximate surface area is 193 Å². The van der Waals surface area contributed by atoms with Crippen molar-refractivity contribution in [2.24, 2.45) is 0 Å². The van der Waals surface area contributed by atoms with Crippen LogP contribution >= 0.6 is 0 Å². The van der Waals surface area contributed by atoms with Crippen LogP contribution in [0.3, 0.4) is 0 Å². The van der Waals surface area contributed by atoms with Crippen LogP contribution in [0.4, 0.5) is 17.6 Å². The van der Waals surface area contributed by atoms with Crippen LogP contribution in [0.5, 0.6) is 0 Å². The van der Waals surface area contributed by atoms with Gasteiger partial charge in [0.1, 0.15) is 12.2 Å². The van der Waals surface area contributed by atoms with Crippen LogP contribution in [-0.2, 0) is 0 Å². The van der Waals surface area contributed by atoms with E-state index >= 15 is 0 Å². The van der Waals surface area contributed by atoms with Crippen LogP contribution < -0.4 is 0 Å². The van der Waals surface area contributed by atoms with Gasteiger partial charge in [-0.05, 0) is 55.7 Å². The fourth-order valence-corrected chi connectivity index (χ4v) is 2.61. The molecular formula is C27H30F4O2. The van der Waals surface area contributed by atoms with Gasteiger partial charge in [-0.25, -0.2) is 17.6 Å². The van der Waals surface area contributed by atoms with E-state index in [0.717, 1.165) is 56.4 Å². The first kappa shape index (κ1) is 28.2. The van der Waals surface area contributed by atoms with Crippen LogP contribution in [0.15, 0.2) is 36.4 Å². The minimum absolute atomic E-state index is 0.370. The van der Waals surface area contributed by atoms with Crippen molar-refractivity contribution in [3.8, 4) is 23.7 Å². The van der Waals surface area contributed by atoms with Crippen molar-refractivity contribution in [2.75, 3.05) is 0 Å². The van der Waals surface area contributed by atoms with Gasteiger partial charge in [0.25, 0.3) is 0 Å². The molecule has 0 aromatic heterocycles. The lowest BCUT2D eigenvalue weighted by Gasteiger charge is -2.01. The summed E-state index contributed by atoms with van der Waals surface area (Å²) in [6.07, 6.45) is 4.77. The molecule has 0 saturated carbocycles. The highest BCUT2D eigenvalue weighted by Crippen LogP contribution is 2.09. The third kappa shape index (κ3) is 12.1. The summed E-state index contributed by atoms with van der Waals surface area (Å²) < 4.78 is 50.9. The molecule has 0 fully saturated rings. The third-order valence-electron chi connectivity index (χ3n) is 4.52. The van der Waals surface area contributed by atoms with Crippen molar-refractivity contribution < 1.29 is 27.8 Å². The summed E-state index contributed by atoms with van der Waals surface area (Å²) in [6.45, 7) is 4.11. The highest BCUT2D eigenvalue weighted by atomic mass is 19.2. The molecule has 2 aromatic rings. The van der Waals surface area contributed by atoms with Crippen molar-refractivity contribution in [1.29, 1.82) is 0 Å². The van der Waals surface area contributed by atoms with E-state index in [1.165, 1.54) is 12.1 Å². The second-order valence-corrected chi connectivity index (χ2v) is 7.47. The maximum absolute atomic E-state index is 12.8. The Morgan fingerprint density at radius 2 is 1.06 bits per heavy atom. The topological polar surface area (TPSA) is 40.5 Å². The number of aliphatic hydroxyl groups is 2. The summed E-state index contributed by atoms with van der Waals surface area (Å²) in [5.41, 5.74) is 0.743. The number of hydrogen-bond donors (Lipinski definition) is 2. The fraction of sp³-hybridized carbons (Fsp3) is 0.407. The van der Waals surface area contributed by atoms with Crippen molar-refractivity contribution in [2.45, 2.75) is 71.0 Å². The molecule has 2 nitrogen and oxygen atoms in total. The first-order valence-corrected chi connectivity index (χ1v) is 11.1. The summed E-state index contributed by atoms with van der Waals surface area (Å²) in [5, 5.41) is 18.9. The molecule has 2 atom stereocenters. The average molecular weight is 463 g/mol. The zero-order chi connectivity index (χ0) is 24.6. The minimum atomic E-state index is -0.921. The quantitative estimate of drug-likeness (QED) is 0.295. The zero-order valence-corrected chi connectivity index (χ0v) is 19.0. The molecule has 0 amide bonds. The van der Waals surface area contributed by atoms with Gasteiger partial charge in [-0.1, -0.05) is 63.2 Å². The summed E-state index contributed by atoms with van der Waals surface area (Å²) in [7, 11) is 0. The lowest BCUT2D eigenvalue weighted by atomic mass is 10.1. The molecule has 0 aliphatic heterocycles. The van der Waals surface area contributed by atoms with Gasteiger partial charge in [-0.3, -0.25) is 0 Å². The Kier molecular flexibility index (Phi) is 13.6. The molecule has 2 N–H and O–H groups in total. The first-order valence-electron chi connectivity index (χ1n) is 11.1. The van der Waals surface area contributed by atoms with E-state index < -0.39 is 35.5 Å². The molecule has 2 aromatic carbocycles. The molecular weight excluding hydrogens is 432 g/mol. The van der Waals surface area contributed by atoms with Crippen molar-refractivity contribution in [1.82, 2.24) is 0 Å². The predicted octanol–water partition coefficient (Wildman–Crippen LogP) is 6.12. The molecule has 0 spiro atoms. The number of rotatable bonds is 7. The molecule has 2 rings (SSSR count). The summed E-state index contributed by atoms with van der Waals surface area (Å²) in [4.78, 5) is 0. The molecule has 0 aliphatic rings. The summed E-state index contributed by atoms with van der Waals surface area (Å²) >= 11 is 0. The van der Waals surface area contributed by atoms with E-state index in [1.54, 1.807) is 0 Å². The highest BCUT2D eigenvalue weighted by molar-refractivity contribution is 5.36. The second kappa shape index (κ2) is 15.9. The van der Waals surface area contributed by atoms with Gasteiger partial charge in [-0.15, -0.1) is 0 Å². The predicted molar refractivity (Wildman–Crippen MR) is 122 cm³/mol. The van der Waals surface area contributed by atoms with Gasteiger partial charge in [0, 0.05) is 11.1 Å². The zero-order valence-electron chi connectivity index (χ0n) is 19.0. The SMILES string of the molecule is CCCCC(O)C#Cc1ccc(F)c(F)c1.CCCCCC(O)C#Cc1ccc(F)c(F)c1. The number of aliphatic hydroxyl groups excluding tert-OH is 2. The molecule has 33 heavy (non-hydrogen) atoms. The normalized spacial score (nSPS) is 11.8. The number of benzene rings is 2. The second-order valence-electron chi connectivity index (χ2n) is 7.47. The largest absolute Gasteiger partial charge is 0.380 e. The van der Waals surface area contributed by atoms with E-state index in [2.05, 4.69) is 30.6 Å². The Bertz CT molecular complexity index is 983. The van der Waals surface area contributed by atoms with Crippen LogP contribution in [0.25, 0.3) is 0 Å². The van der Waals surface area contributed by atoms with Gasteiger partial charge in [0.2, 0.25) is 0 Å². The van der Waals surface area contributed by atoms with Gasteiger partial charge in [0.05, 0.1) is 0 Å². The number of unbranched alkanes of at least 4 members (excludes halogenated alkanes) is 3. The van der Waals surface area contributed by atoms with E-state index in [0.29, 0.717) is 24.0 Å². The molecule has 178 valence electrons. The Morgan fingerprint density at radius 1 is 0.636 bits per heavy atom. The monoisotopic (exact) mass is 462 g/mol. The van der Waals surface area contributed by atoms with Crippen molar-refractivity contribution in [3.05, 3.63) is 70.8 Å². The highest BCUT2D eigenvalue weighted by Gasteiger charge is 2.02. The maximum Gasteiger partial charge on any atom is 0.160 e. The average Bonchev–Trinajstić information content (AvgIpc) is 2.80. The molecule has 0 saturated heterocycles. The van der Waals surface area contributed by atoms with Crippen LogP contribution in [-0.4, -0.2) is 22.4 Å². The van der Waals surface area contributed by atoms with Crippen LogP contribution in [0, 0.1) is 47.0 Å². The standard InChI is InChI=1S/C14H16F2O.C13H14F2O/c1-2-3-4-5-12(17)8-6-11-7-9-13(15)14(16)10-11;1-2-3-4-11(16)7-5-10-6-8-12(14)13(15)9-10/h7,9-10,12,17H,2-5H2,1H3;6,8-9,11,16H,2-4H2,1H3. The molecule has 2 unspecified atom stereocenters. The van der Waals surface area contributed by atoms with Crippen LogP contribution in [0.2, 0.25) is 0 Å². The third-order valence-corrected chi connectivity index (χ3v) is 4.52. The molecule has 0 bridgehead atoms. The van der Waals surface area contributed by atoms with Crippen molar-refractivity contribution >= 4 is 0 Å². The Balaban J connectivity index is 0.000000331. The molecule has 0 radical (unpaired) electrons. The van der Waals surface area contributed by atoms with Gasteiger partial charge in [-0.2, -0.15) is 0 Å². The molecule has 6 heteroatoms. The fourth-order valence-electron chi connectivity index (χ4n) is 2.61. The summed E-state index contributed by atoms with van der Waals surface area (Å²) in [5.74, 6) is 6.84. The molecule has 0 heterocycles. The first-order chi connectivity index (χ1) is 15.8. The van der Waals surface area contributed by atoms with E-state index in [4.69, 9.17) is 0 Å². The smallest absolute Gasteiger partial charge is 0.160 e. The number of halogens is 4. The summed E-state index contributed by atoms with van der Waals surface area (Å²) in [6, 6.07) is 6.89. The molecule has 0 aliphatic carbocycles. The lowest BCUT2D eigenvalue weighted by molar-refractivity contribution is 0.217. The van der Waals surface area contributed by atoms with E-state index in [-0.39, 0.29) is 0 Å². The Hall–Kier alpha value is -2.80. The van der Waals surface area contributed by atoms with Gasteiger partial charge < -0.3 is 10.2 Å². The van der Waals surface area contributed by atoms with Crippen molar-refractivity contribution in [3.63, 3.8) is 0 Å². The van der Waals surface area contributed by atoms with Gasteiger partial charge >= 0.3 is 0 Å².